The lowest BCUT2D eigenvalue weighted by atomic mass is 10.2. The quantitative estimate of drug-likeness (QED) is 0.306. The van der Waals surface area contributed by atoms with Crippen LogP contribution in [0.5, 0.6) is 0 Å². The highest BCUT2D eigenvalue weighted by Crippen LogP contribution is 2.27. The summed E-state index contributed by atoms with van der Waals surface area (Å²) in [6.07, 6.45) is -1.27. The molecule has 5 N–H and O–H groups in total. The van der Waals surface area contributed by atoms with E-state index in [1.165, 1.54) is 17.8 Å². The van der Waals surface area contributed by atoms with Gasteiger partial charge < -0.3 is 20.5 Å². The van der Waals surface area contributed by atoms with E-state index in [1.807, 2.05) is 0 Å². The summed E-state index contributed by atoms with van der Waals surface area (Å²) in [6, 6.07) is 6.12. The molecule has 0 radical (unpaired) electrons. The first kappa shape index (κ1) is 18.9. The zero-order chi connectivity index (χ0) is 19.4. The first-order valence-electron chi connectivity index (χ1n) is 7.97. The molecule has 142 valence electrons. The highest BCUT2D eigenvalue weighted by molar-refractivity contribution is 7.98. The molecule has 0 unspecified atom stereocenters. The summed E-state index contributed by atoms with van der Waals surface area (Å²) < 4.78 is 13.8. The highest BCUT2D eigenvalue weighted by Gasteiger charge is 2.16. The zero-order valence-electron chi connectivity index (χ0n) is 14.2. The summed E-state index contributed by atoms with van der Waals surface area (Å²) in [5.74, 6) is 0.351. The van der Waals surface area contributed by atoms with Crippen LogP contribution < -0.4 is 10.6 Å². The number of anilines is 2. The molecule has 0 bridgehead atoms. The van der Waals surface area contributed by atoms with E-state index in [-0.39, 0.29) is 24.4 Å². The van der Waals surface area contributed by atoms with Crippen molar-refractivity contribution >= 4 is 40.8 Å². The predicted molar refractivity (Wildman–Crippen MR) is 99.5 cm³/mol. The van der Waals surface area contributed by atoms with Crippen molar-refractivity contribution in [2.45, 2.75) is 23.9 Å². The number of amides is 1. The molecule has 0 aliphatic heterocycles. The maximum absolute atomic E-state index is 13.8. The fraction of sp³-hybridized carbons (Fsp3) is 0.250. The van der Waals surface area contributed by atoms with Gasteiger partial charge in [-0.15, -0.1) is 0 Å². The maximum atomic E-state index is 13.8. The van der Waals surface area contributed by atoms with E-state index >= 15 is 0 Å². The second-order valence-corrected chi connectivity index (χ2v) is 6.62. The van der Waals surface area contributed by atoms with Crippen LogP contribution in [0.2, 0.25) is 0 Å². The number of hydrogen-bond donors (Lipinski definition) is 5. The van der Waals surface area contributed by atoms with E-state index in [0.717, 1.165) is 0 Å². The first-order chi connectivity index (χ1) is 13.0. The number of benzene rings is 1. The standard InChI is InChI=1S/C16H17FN6O3S/c1-8(6-24)18-12-11-13(20-14(19-11)23-16(25)26)22-15(21-12)27-7-9-4-2-3-5-10(9)17/h2-5,8,24H,6-7H2,1H3,(H,25,26)(H3,18,19,20,21,22,23)/t8-/m1/s1. The van der Waals surface area contributed by atoms with Gasteiger partial charge in [0.15, 0.2) is 22.1 Å². The molecule has 0 fully saturated rings. The Bertz CT molecular complexity index is 966. The summed E-state index contributed by atoms with van der Waals surface area (Å²) in [4.78, 5) is 26.4. The number of H-pyrrole nitrogens is 1. The largest absolute Gasteiger partial charge is 0.465 e. The number of fused-ring (bicyclic) bond motifs is 1. The van der Waals surface area contributed by atoms with Gasteiger partial charge in [-0.1, -0.05) is 30.0 Å². The van der Waals surface area contributed by atoms with Crippen LogP contribution in [0.15, 0.2) is 29.4 Å². The normalized spacial score (nSPS) is 12.1. The Morgan fingerprint density at radius 1 is 1.33 bits per heavy atom. The lowest BCUT2D eigenvalue weighted by molar-refractivity contribution is 0.209. The van der Waals surface area contributed by atoms with Crippen LogP contribution in [-0.4, -0.2) is 48.9 Å². The Morgan fingerprint density at radius 2 is 2.11 bits per heavy atom. The molecule has 3 aromatic rings. The van der Waals surface area contributed by atoms with Gasteiger partial charge >= 0.3 is 6.09 Å². The van der Waals surface area contributed by atoms with E-state index in [0.29, 0.717) is 33.5 Å². The van der Waals surface area contributed by atoms with Gasteiger partial charge in [-0.25, -0.2) is 24.1 Å². The minimum absolute atomic E-state index is 0.00255. The van der Waals surface area contributed by atoms with E-state index in [2.05, 4.69) is 30.6 Å². The molecule has 0 spiro atoms. The fourth-order valence-electron chi connectivity index (χ4n) is 2.24. The van der Waals surface area contributed by atoms with Crippen LogP contribution in [0.3, 0.4) is 0 Å². The summed E-state index contributed by atoms with van der Waals surface area (Å²) >= 11 is 1.23. The number of nitrogens with zero attached hydrogens (tertiary/aromatic N) is 3. The van der Waals surface area contributed by atoms with Gasteiger partial charge in [-0.05, 0) is 18.6 Å². The van der Waals surface area contributed by atoms with Gasteiger partial charge in [0, 0.05) is 11.8 Å². The van der Waals surface area contributed by atoms with Crippen LogP contribution in [-0.2, 0) is 5.75 Å². The van der Waals surface area contributed by atoms with Gasteiger partial charge in [0.2, 0.25) is 5.95 Å². The van der Waals surface area contributed by atoms with Crippen LogP contribution >= 0.6 is 11.8 Å². The highest BCUT2D eigenvalue weighted by atomic mass is 32.2. The molecule has 9 nitrogen and oxygen atoms in total. The van der Waals surface area contributed by atoms with Gasteiger partial charge in [-0.2, -0.15) is 0 Å². The third kappa shape index (κ3) is 4.63. The summed E-state index contributed by atoms with van der Waals surface area (Å²) in [7, 11) is 0. The molecule has 1 atom stereocenters. The molecular weight excluding hydrogens is 375 g/mol. The van der Waals surface area contributed by atoms with Crippen LogP contribution in [0.25, 0.3) is 11.2 Å². The van der Waals surface area contributed by atoms with Gasteiger partial charge in [0.05, 0.1) is 6.61 Å². The molecule has 27 heavy (non-hydrogen) atoms. The van der Waals surface area contributed by atoms with E-state index in [4.69, 9.17) is 5.11 Å². The Balaban J connectivity index is 1.92. The number of aromatic amines is 1. The number of halogens is 1. The Morgan fingerprint density at radius 3 is 2.81 bits per heavy atom. The maximum Gasteiger partial charge on any atom is 0.411 e. The van der Waals surface area contributed by atoms with Crippen LogP contribution in [0.4, 0.5) is 21.0 Å². The van der Waals surface area contributed by atoms with Gasteiger partial charge in [0.1, 0.15) is 5.82 Å². The van der Waals surface area contributed by atoms with Crippen molar-refractivity contribution in [1.82, 2.24) is 19.9 Å². The number of nitrogens with one attached hydrogen (secondary N) is 3. The molecule has 0 saturated carbocycles. The second kappa shape index (κ2) is 8.18. The van der Waals surface area contributed by atoms with Crippen molar-refractivity contribution in [3.05, 3.63) is 35.6 Å². The van der Waals surface area contributed by atoms with Crippen molar-refractivity contribution < 1.29 is 19.4 Å². The Labute approximate surface area is 157 Å². The van der Waals surface area contributed by atoms with Crippen LogP contribution in [0.1, 0.15) is 12.5 Å². The zero-order valence-corrected chi connectivity index (χ0v) is 15.0. The van der Waals surface area contributed by atoms with E-state index in [1.54, 1.807) is 25.1 Å². The number of carbonyl (C=O) groups is 1. The molecule has 0 saturated heterocycles. The molecule has 11 heteroatoms. The Kier molecular flexibility index (Phi) is 5.72. The Hall–Kier alpha value is -2.92. The number of rotatable bonds is 7. The van der Waals surface area contributed by atoms with E-state index in [9.17, 15) is 14.3 Å². The smallest absolute Gasteiger partial charge is 0.411 e. The van der Waals surface area contributed by atoms with E-state index < -0.39 is 6.09 Å². The number of imidazole rings is 1. The third-order valence-electron chi connectivity index (χ3n) is 3.52. The minimum Gasteiger partial charge on any atom is -0.465 e. The third-order valence-corrected chi connectivity index (χ3v) is 4.42. The molecule has 3 rings (SSSR count). The van der Waals surface area contributed by atoms with Gasteiger partial charge in [-0.3, -0.25) is 5.32 Å². The monoisotopic (exact) mass is 392 g/mol. The number of carboxylic acid groups (broad SMARTS) is 1. The molecule has 1 amide bonds. The van der Waals surface area contributed by atoms with Crippen molar-refractivity contribution in [3.8, 4) is 0 Å². The van der Waals surface area contributed by atoms with Crippen LogP contribution in [0, 0.1) is 5.82 Å². The summed E-state index contributed by atoms with van der Waals surface area (Å²) in [6.45, 7) is 1.62. The van der Waals surface area contributed by atoms with Gasteiger partial charge in [0.25, 0.3) is 0 Å². The molecular formula is C16H17FN6O3S. The fourth-order valence-corrected chi connectivity index (χ4v) is 3.07. The minimum atomic E-state index is -1.27. The molecule has 0 aliphatic rings. The number of aromatic nitrogens is 4. The lowest BCUT2D eigenvalue weighted by Crippen LogP contribution is -2.20. The molecule has 2 aromatic heterocycles. The predicted octanol–water partition coefficient (Wildman–Crippen LogP) is 2.67. The topological polar surface area (TPSA) is 136 Å². The number of aliphatic hydroxyl groups excluding tert-OH is 1. The van der Waals surface area contributed by atoms with Crippen molar-refractivity contribution in [3.63, 3.8) is 0 Å². The van der Waals surface area contributed by atoms with Crippen molar-refractivity contribution in [2.24, 2.45) is 0 Å². The second-order valence-electron chi connectivity index (χ2n) is 5.68. The number of aliphatic hydroxyl groups is 1. The molecule has 2 heterocycles. The average Bonchev–Trinajstić information content (AvgIpc) is 3.02. The lowest BCUT2D eigenvalue weighted by Gasteiger charge is -2.12. The van der Waals surface area contributed by atoms with Crippen molar-refractivity contribution in [2.75, 3.05) is 17.2 Å². The average molecular weight is 392 g/mol. The van der Waals surface area contributed by atoms with Crippen molar-refractivity contribution in [1.29, 1.82) is 0 Å². The summed E-state index contributed by atoms with van der Waals surface area (Å²) in [5, 5.41) is 23.6. The summed E-state index contributed by atoms with van der Waals surface area (Å²) in [5.41, 5.74) is 1.16. The number of thioether (sulfide) groups is 1. The SMILES string of the molecule is C[C@H](CO)Nc1nc(SCc2ccccc2F)nc2[nH]c(NC(=O)O)nc12. The molecule has 1 aromatic carbocycles. The number of hydrogen-bond acceptors (Lipinski definition) is 7. The first-order valence-corrected chi connectivity index (χ1v) is 8.96. The molecule has 0 aliphatic carbocycles.